The minimum atomic E-state index is 0.0768. The van der Waals surface area contributed by atoms with Crippen LogP contribution in [-0.2, 0) is 0 Å². The van der Waals surface area contributed by atoms with Gasteiger partial charge in [0.25, 0.3) is 0 Å². The maximum atomic E-state index is 5.95. The van der Waals surface area contributed by atoms with E-state index in [0.29, 0.717) is 5.92 Å². The lowest BCUT2D eigenvalue weighted by Crippen LogP contribution is -2.29. The van der Waals surface area contributed by atoms with Crippen molar-refractivity contribution in [2.24, 2.45) is 11.7 Å². The third kappa shape index (κ3) is 3.27. The maximum absolute atomic E-state index is 5.95. The summed E-state index contributed by atoms with van der Waals surface area (Å²) in [4.78, 5) is 2.54. The highest BCUT2D eigenvalue weighted by atomic mass is 79.9. The minimum Gasteiger partial charge on any atom is -0.368 e. The zero-order valence-corrected chi connectivity index (χ0v) is 13.1. The van der Waals surface area contributed by atoms with E-state index in [0.717, 1.165) is 17.1 Å². The summed E-state index contributed by atoms with van der Waals surface area (Å²) in [7, 11) is 0. The molecule has 2 N–H and O–H groups in total. The number of hydrogen-bond acceptors (Lipinski definition) is 2. The molecule has 1 saturated carbocycles. The van der Waals surface area contributed by atoms with Crippen molar-refractivity contribution in [1.82, 2.24) is 0 Å². The molecule has 1 aliphatic carbocycles. The van der Waals surface area contributed by atoms with Crippen LogP contribution in [-0.4, -0.2) is 12.6 Å². The van der Waals surface area contributed by atoms with Crippen LogP contribution in [0.25, 0.3) is 0 Å². The van der Waals surface area contributed by atoms with Crippen molar-refractivity contribution in [3.05, 3.63) is 28.2 Å². The van der Waals surface area contributed by atoms with Crippen molar-refractivity contribution in [2.45, 2.75) is 45.7 Å². The van der Waals surface area contributed by atoms with Crippen LogP contribution in [0.3, 0.4) is 0 Å². The molecule has 0 heterocycles. The topological polar surface area (TPSA) is 29.3 Å². The van der Waals surface area contributed by atoms with E-state index in [2.05, 4.69) is 52.9 Å². The van der Waals surface area contributed by atoms with Gasteiger partial charge in [-0.05, 0) is 43.4 Å². The number of benzene rings is 1. The lowest BCUT2D eigenvalue weighted by molar-refractivity contribution is 0.607. The second kappa shape index (κ2) is 5.62. The van der Waals surface area contributed by atoms with E-state index in [4.69, 9.17) is 5.73 Å². The summed E-state index contributed by atoms with van der Waals surface area (Å²) in [5, 5.41) is 0. The lowest BCUT2D eigenvalue weighted by atomic mass is 10.1. The summed E-state index contributed by atoms with van der Waals surface area (Å²) in [5.74, 6) is 0.692. The van der Waals surface area contributed by atoms with Gasteiger partial charge in [-0.25, -0.2) is 0 Å². The molecule has 0 saturated heterocycles. The number of nitrogens with zero attached hydrogens (tertiary/aromatic N) is 1. The zero-order chi connectivity index (χ0) is 13.3. The molecule has 100 valence electrons. The first-order valence-electron chi connectivity index (χ1n) is 6.80. The number of halogens is 1. The molecule has 1 aromatic rings. The molecular weight excluding hydrogens is 288 g/mol. The van der Waals surface area contributed by atoms with E-state index in [9.17, 15) is 0 Å². The van der Waals surface area contributed by atoms with Crippen LogP contribution in [0.4, 0.5) is 5.69 Å². The van der Waals surface area contributed by atoms with Gasteiger partial charge in [-0.1, -0.05) is 35.8 Å². The van der Waals surface area contributed by atoms with Gasteiger partial charge in [-0.15, -0.1) is 0 Å². The van der Waals surface area contributed by atoms with Gasteiger partial charge in [0, 0.05) is 28.8 Å². The second-order valence-corrected chi connectivity index (χ2v) is 6.63. The van der Waals surface area contributed by atoms with E-state index in [1.54, 1.807) is 0 Å². The third-order valence-corrected chi connectivity index (χ3v) is 4.04. The summed E-state index contributed by atoms with van der Waals surface area (Å²) in [5.41, 5.74) is 8.45. The van der Waals surface area contributed by atoms with Crippen molar-refractivity contribution in [1.29, 1.82) is 0 Å². The Morgan fingerprint density at radius 3 is 2.44 bits per heavy atom. The van der Waals surface area contributed by atoms with Crippen LogP contribution in [0.15, 0.2) is 22.7 Å². The predicted octanol–water partition coefficient (Wildman–Crippen LogP) is 4.09. The molecule has 0 radical (unpaired) electrons. The molecule has 0 bridgehead atoms. The standard InChI is InChI=1S/C15H23BrN2/c1-10(2)9-18(12-4-5-12)13-6-7-14(11(3)17)15(16)8-13/h6-8,10-12H,4-5,9,17H2,1-3H3/t11-/m1/s1. The van der Waals surface area contributed by atoms with Crippen molar-refractivity contribution < 1.29 is 0 Å². The van der Waals surface area contributed by atoms with Crippen molar-refractivity contribution in [3.63, 3.8) is 0 Å². The smallest absolute Gasteiger partial charge is 0.0380 e. The molecule has 0 aliphatic heterocycles. The largest absolute Gasteiger partial charge is 0.368 e. The number of rotatable bonds is 5. The second-order valence-electron chi connectivity index (χ2n) is 5.77. The van der Waals surface area contributed by atoms with Crippen LogP contribution in [0.2, 0.25) is 0 Å². The fraction of sp³-hybridized carbons (Fsp3) is 0.600. The summed E-state index contributed by atoms with van der Waals surface area (Å²) in [6.45, 7) is 7.71. The molecule has 1 aromatic carbocycles. The van der Waals surface area contributed by atoms with Crippen molar-refractivity contribution >= 4 is 21.6 Å². The molecule has 1 atom stereocenters. The maximum Gasteiger partial charge on any atom is 0.0380 e. The fourth-order valence-corrected chi connectivity index (χ4v) is 3.04. The lowest BCUT2D eigenvalue weighted by Gasteiger charge is -2.27. The van der Waals surface area contributed by atoms with E-state index in [1.165, 1.54) is 24.1 Å². The molecule has 0 amide bonds. The number of hydrogen-bond donors (Lipinski definition) is 1. The first-order valence-corrected chi connectivity index (χ1v) is 7.60. The van der Waals surface area contributed by atoms with Gasteiger partial charge in [0.15, 0.2) is 0 Å². The van der Waals surface area contributed by atoms with E-state index in [-0.39, 0.29) is 6.04 Å². The fourth-order valence-electron chi connectivity index (χ4n) is 2.31. The quantitative estimate of drug-likeness (QED) is 0.887. The van der Waals surface area contributed by atoms with Gasteiger partial charge >= 0.3 is 0 Å². The predicted molar refractivity (Wildman–Crippen MR) is 82.0 cm³/mol. The van der Waals surface area contributed by atoms with Crippen LogP contribution in [0, 0.1) is 5.92 Å². The first kappa shape index (κ1) is 13.9. The summed E-state index contributed by atoms with van der Waals surface area (Å²) in [6, 6.07) is 7.41. The molecular formula is C15H23BrN2. The summed E-state index contributed by atoms with van der Waals surface area (Å²) >= 11 is 3.65. The third-order valence-electron chi connectivity index (χ3n) is 3.36. The average molecular weight is 311 g/mol. The molecule has 1 fully saturated rings. The van der Waals surface area contributed by atoms with Crippen LogP contribution >= 0.6 is 15.9 Å². The highest BCUT2D eigenvalue weighted by molar-refractivity contribution is 9.10. The Morgan fingerprint density at radius 2 is 2.00 bits per heavy atom. The minimum absolute atomic E-state index is 0.0768. The average Bonchev–Trinajstić information content (AvgIpc) is 3.08. The normalized spacial score (nSPS) is 17.0. The SMILES string of the molecule is CC(C)CN(c1ccc([C@@H](C)N)c(Br)c1)C1CC1. The Bertz CT molecular complexity index is 411. The Kier molecular flexibility index (Phi) is 4.33. The van der Waals surface area contributed by atoms with E-state index >= 15 is 0 Å². The number of anilines is 1. The molecule has 0 spiro atoms. The molecule has 2 rings (SSSR count). The van der Waals surface area contributed by atoms with Crippen molar-refractivity contribution in [2.75, 3.05) is 11.4 Å². The van der Waals surface area contributed by atoms with Gasteiger partial charge in [0.1, 0.15) is 0 Å². The van der Waals surface area contributed by atoms with Gasteiger partial charge in [0.05, 0.1) is 0 Å². The first-order chi connectivity index (χ1) is 8.49. The van der Waals surface area contributed by atoms with E-state index in [1.807, 2.05) is 6.92 Å². The van der Waals surface area contributed by atoms with E-state index < -0.39 is 0 Å². The highest BCUT2D eigenvalue weighted by Crippen LogP contribution is 2.35. The highest BCUT2D eigenvalue weighted by Gasteiger charge is 2.29. The van der Waals surface area contributed by atoms with Crippen LogP contribution < -0.4 is 10.6 Å². The molecule has 3 heteroatoms. The zero-order valence-electron chi connectivity index (χ0n) is 11.5. The molecule has 1 aliphatic rings. The number of nitrogens with two attached hydrogens (primary N) is 1. The Balaban J connectivity index is 2.22. The van der Waals surface area contributed by atoms with Gasteiger partial charge < -0.3 is 10.6 Å². The monoisotopic (exact) mass is 310 g/mol. The Morgan fingerprint density at radius 1 is 1.33 bits per heavy atom. The van der Waals surface area contributed by atoms with Crippen molar-refractivity contribution in [3.8, 4) is 0 Å². The molecule has 0 unspecified atom stereocenters. The summed E-state index contributed by atoms with van der Waals surface area (Å²) in [6.07, 6.45) is 2.67. The Hall–Kier alpha value is -0.540. The Labute approximate surface area is 119 Å². The molecule has 18 heavy (non-hydrogen) atoms. The molecule has 0 aromatic heterocycles. The van der Waals surface area contributed by atoms with Crippen LogP contribution in [0.5, 0.6) is 0 Å². The van der Waals surface area contributed by atoms with Gasteiger partial charge in [0.2, 0.25) is 0 Å². The van der Waals surface area contributed by atoms with Gasteiger partial charge in [-0.3, -0.25) is 0 Å². The summed E-state index contributed by atoms with van der Waals surface area (Å²) < 4.78 is 1.13. The molecule has 2 nitrogen and oxygen atoms in total. The van der Waals surface area contributed by atoms with Crippen LogP contribution in [0.1, 0.15) is 45.2 Å². The van der Waals surface area contributed by atoms with Gasteiger partial charge in [-0.2, -0.15) is 0 Å².